The minimum Gasteiger partial charge on any atom is -0.454 e. The average Bonchev–Trinajstić information content (AvgIpc) is 3.26. The molecule has 214 valence electrons. The Labute approximate surface area is 241 Å². The van der Waals surface area contributed by atoms with Crippen molar-refractivity contribution in [1.82, 2.24) is 4.90 Å². The third-order valence-electron chi connectivity index (χ3n) is 8.58. The van der Waals surface area contributed by atoms with E-state index in [4.69, 9.17) is 4.74 Å². The number of hydrogen-bond acceptors (Lipinski definition) is 7. The third kappa shape index (κ3) is 4.43. The monoisotopic (exact) mass is 567 g/mol. The van der Waals surface area contributed by atoms with Gasteiger partial charge in [0, 0.05) is 29.7 Å². The second-order valence-electron chi connectivity index (χ2n) is 10.9. The van der Waals surface area contributed by atoms with E-state index in [1.165, 1.54) is 24.3 Å². The molecule has 10 heteroatoms. The fourth-order valence-electron chi connectivity index (χ4n) is 6.88. The number of carbonyl (C=O) groups excluding carboxylic acids is 4. The van der Waals surface area contributed by atoms with E-state index >= 15 is 0 Å². The number of anilines is 1. The quantitative estimate of drug-likeness (QED) is 0.174. The fourth-order valence-corrected chi connectivity index (χ4v) is 6.88. The van der Waals surface area contributed by atoms with Crippen molar-refractivity contribution in [1.29, 1.82) is 0 Å². The lowest BCUT2D eigenvalue weighted by Crippen LogP contribution is -2.47. The molecule has 1 saturated heterocycles. The van der Waals surface area contributed by atoms with Gasteiger partial charge in [0.05, 0.1) is 16.8 Å². The minimum absolute atomic E-state index is 0.177. The van der Waals surface area contributed by atoms with Crippen LogP contribution in [0.25, 0.3) is 0 Å². The van der Waals surface area contributed by atoms with Gasteiger partial charge in [0.1, 0.15) is 6.04 Å². The summed E-state index contributed by atoms with van der Waals surface area (Å²) in [6.07, 6.45) is 1.51. The predicted octanol–water partition coefficient (Wildman–Crippen LogP) is 4.53. The van der Waals surface area contributed by atoms with Crippen molar-refractivity contribution in [3.05, 3.63) is 105 Å². The van der Waals surface area contributed by atoms with Gasteiger partial charge in [0.25, 0.3) is 11.6 Å². The molecule has 1 heterocycles. The molecule has 3 aromatic carbocycles. The highest BCUT2D eigenvalue weighted by atomic mass is 16.6. The molecule has 3 aliphatic carbocycles. The largest absolute Gasteiger partial charge is 0.454 e. The van der Waals surface area contributed by atoms with E-state index in [9.17, 15) is 29.3 Å². The molecular formula is C32H29N3O7. The standard InChI is InChI=1S/C32H29N3O7/c1-2-3-15-24(32(39)42-17-25(36)33-18-9-8-10-19(16-18)35(40)41)34-30(37)28-26-20-11-4-5-12-21(20)27(29(28)31(34)38)23-14-7-6-13-22(23)26/h4-14,16,24,26-29H,2-3,15,17H2,1H3,(H,33,36)/t24-,26?,27?,28-,29+/m1/s1. The van der Waals surface area contributed by atoms with Crippen molar-refractivity contribution in [3.63, 3.8) is 0 Å². The number of nitro benzene ring substituents is 1. The van der Waals surface area contributed by atoms with Gasteiger partial charge in [0.15, 0.2) is 6.61 Å². The number of unbranched alkanes of at least 4 members (excludes halogenated alkanes) is 1. The summed E-state index contributed by atoms with van der Waals surface area (Å²) in [5, 5.41) is 13.5. The van der Waals surface area contributed by atoms with Gasteiger partial charge in [-0.15, -0.1) is 0 Å². The number of carbonyl (C=O) groups is 4. The van der Waals surface area contributed by atoms with Gasteiger partial charge in [0.2, 0.25) is 11.8 Å². The Morgan fingerprint density at radius 2 is 1.45 bits per heavy atom. The number of nitro groups is 1. The first-order valence-electron chi connectivity index (χ1n) is 14.1. The summed E-state index contributed by atoms with van der Waals surface area (Å²) in [5.74, 6) is -4.14. The second-order valence-corrected chi connectivity index (χ2v) is 10.9. The number of nitrogens with one attached hydrogen (secondary N) is 1. The van der Waals surface area contributed by atoms with Crippen LogP contribution in [0.4, 0.5) is 11.4 Å². The Morgan fingerprint density at radius 1 is 0.905 bits per heavy atom. The Balaban J connectivity index is 1.24. The van der Waals surface area contributed by atoms with Crippen LogP contribution in [-0.2, 0) is 23.9 Å². The normalized spacial score (nSPS) is 22.2. The molecule has 10 nitrogen and oxygen atoms in total. The summed E-state index contributed by atoms with van der Waals surface area (Å²) in [4.78, 5) is 65.7. The van der Waals surface area contributed by atoms with Crippen LogP contribution in [0.3, 0.4) is 0 Å². The van der Waals surface area contributed by atoms with E-state index in [0.29, 0.717) is 6.42 Å². The Hall–Kier alpha value is -4.86. The van der Waals surface area contributed by atoms with Gasteiger partial charge in [-0.25, -0.2) is 4.79 Å². The van der Waals surface area contributed by atoms with Crippen LogP contribution in [0.5, 0.6) is 0 Å². The van der Waals surface area contributed by atoms with Gasteiger partial charge < -0.3 is 10.1 Å². The van der Waals surface area contributed by atoms with Gasteiger partial charge >= 0.3 is 5.97 Å². The molecule has 42 heavy (non-hydrogen) atoms. The summed E-state index contributed by atoms with van der Waals surface area (Å²) in [6, 6.07) is 20.1. The van der Waals surface area contributed by atoms with E-state index in [2.05, 4.69) is 5.32 Å². The molecule has 1 N–H and O–H groups in total. The molecule has 2 bridgehead atoms. The molecular weight excluding hydrogens is 538 g/mol. The number of nitrogens with zero attached hydrogens (tertiary/aromatic N) is 2. The minimum atomic E-state index is -1.16. The maximum Gasteiger partial charge on any atom is 0.329 e. The van der Waals surface area contributed by atoms with Crippen LogP contribution in [0.1, 0.15) is 60.3 Å². The molecule has 0 spiro atoms. The maximum atomic E-state index is 14.1. The summed E-state index contributed by atoms with van der Waals surface area (Å²) < 4.78 is 5.34. The number of ether oxygens (including phenoxy) is 1. The third-order valence-corrected chi connectivity index (χ3v) is 8.58. The number of benzene rings is 3. The topological polar surface area (TPSA) is 136 Å². The summed E-state index contributed by atoms with van der Waals surface area (Å²) in [7, 11) is 0. The Kier molecular flexibility index (Phi) is 7.06. The van der Waals surface area contributed by atoms with Crippen molar-refractivity contribution in [2.24, 2.45) is 11.8 Å². The molecule has 4 aliphatic rings. The van der Waals surface area contributed by atoms with Gasteiger partial charge in [-0.1, -0.05) is 74.4 Å². The Morgan fingerprint density at radius 3 is 1.95 bits per heavy atom. The number of esters is 1. The van der Waals surface area contributed by atoms with Crippen LogP contribution in [-0.4, -0.2) is 46.2 Å². The van der Waals surface area contributed by atoms with E-state index in [1.54, 1.807) is 0 Å². The van der Waals surface area contributed by atoms with Gasteiger partial charge in [-0.05, 0) is 34.7 Å². The molecule has 0 aromatic heterocycles. The smallest absolute Gasteiger partial charge is 0.329 e. The van der Waals surface area contributed by atoms with Crippen LogP contribution >= 0.6 is 0 Å². The molecule has 0 saturated carbocycles. The SMILES string of the molecule is CCCC[C@H](C(=O)OCC(=O)Nc1cccc([N+](=O)[O-])c1)N1C(=O)[C@@H]2C3c4ccccc4C(c4ccccc43)[C@@H]2C1=O. The summed E-state index contributed by atoms with van der Waals surface area (Å²) in [6.45, 7) is 1.27. The van der Waals surface area contributed by atoms with Crippen molar-refractivity contribution in [3.8, 4) is 0 Å². The average molecular weight is 568 g/mol. The zero-order chi connectivity index (χ0) is 29.5. The molecule has 1 fully saturated rings. The maximum absolute atomic E-state index is 14.1. The van der Waals surface area contributed by atoms with Crippen LogP contribution in [0, 0.1) is 22.0 Å². The highest BCUT2D eigenvalue weighted by molar-refractivity contribution is 6.10. The lowest BCUT2D eigenvalue weighted by molar-refractivity contribution is -0.384. The van der Waals surface area contributed by atoms with Crippen molar-refractivity contribution >= 4 is 35.1 Å². The first kappa shape index (κ1) is 27.3. The van der Waals surface area contributed by atoms with Crippen molar-refractivity contribution < 1.29 is 28.8 Å². The first-order chi connectivity index (χ1) is 20.3. The number of amides is 3. The molecule has 3 aromatic rings. The van der Waals surface area contributed by atoms with E-state index in [0.717, 1.165) is 33.6 Å². The molecule has 0 radical (unpaired) electrons. The van der Waals surface area contributed by atoms with Gasteiger partial charge in [-0.3, -0.25) is 29.4 Å². The lowest BCUT2D eigenvalue weighted by atomic mass is 9.55. The van der Waals surface area contributed by atoms with E-state index in [-0.39, 0.29) is 41.4 Å². The predicted molar refractivity (Wildman–Crippen MR) is 151 cm³/mol. The molecule has 7 rings (SSSR count). The second kappa shape index (κ2) is 10.8. The molecule has 1 aliphatic heterocycles. The summed E-state index contributed by atoms with van der Waals surface area (Å²) in [5.41, 5.74) is 4.13. The molecule has 3 atom stereocenters. The van der Waals surface area contributed by atoms with Gasteiger partial charge in [-0.2, -0.15) is 0 Å². The van der Waals surface area contributed by atoms with Crippen molar-refractivity contribution in [2.45, 2.75) is 44.1 Å². The lowest BCUT2D eigenvalue weighted by Gasteiger charge is -2.45. The van der Waals surface area contributed by atoms with Crippen LogP contribution in [0.15, 0.2) is 72.8 Å². The highest BCUT2D eigenvalue weighted by Crippen LogP contribution is 2.61. The van der Waals surface area contributed by atoms with Crippen molar-refractivity contribution in [2.75, 3.05) is 11.9 Å². The van der Waals surface area contributed by atoms with E-state index < -0.39 is 41.3 Å². The number of rotatable bonds is 9. The Bertz CT molecular complexity index is 1500. The number of non-ortho nitro benzene ring substituents is 1. The first-order valence-corrected chi connectivity index (χ1v) is 14.1. The van der Waals surface area contributed by atoms with Crippen LogP contribution < -0.4 is 5.32 Å². The zero-order valence-electron chi connectivity index (χ0n) is 22.9. The summed E-state index contributed by atoms with van der Waals surface area (Å²) >= 11 is 0. The van der Waals surface area contributed by atoms with E-state index in [1.807, 2.05) is 55.5 Å². The van der Waals surface area contributed by atoms with Crippen LogP contribution in [0.2, 0.25) is 0 Å². The number of hydrogen-bond donors (Lipinski definition) is 1. The zero-order valence-corrected chi connectivity index (χ0v) is 22.9. The fraction of sp³-hybridized carbons (Fsp3) is 0.312. The molecule has 0 unspecified atom stereocenters. The number of likely N-dealkylation sites (tertiary alicyclic amines) is 1. The highest BCUT2D eigenvalue weighted by Gasteiger charge is 2.63. The number of imide groups is 1. The molecule has 3 amide bonds.